The average Bonchev–Trinajstić information content (AvgIpc) is 3.01. The molecule has 0 radical (unpaired) electrons. The fourth-order valence-electron chi connectivity index (χ4n) is 2.53. The van der Waals surface area contributed by atoms with Crippen molar-refractivity contribution in [3.63, 3.8) is 0 Å². The van der Waals surface area contributed by atoms with E-state index < -0.39 is 4.92 Å². The molecule has 23 heavy (non-hydrogen) atoms. The molecule has 2 aromatic rings. The average molecular weight is 310 g/mol. The number of hydrogen-bond donors (Lipinski definition) is 0. The minimum Gasteiger partial charge on any atom is -0.273 e. The van der Waals surface area contributed by atoms with Gasteiger partial charge in [0.1, 0.15) is 0 Å². The number of hydrazone groups is 1. The lowest BCUT2D eigenvalue weighted by Gasteiger charge is -2.13. The minimum atomic E-state index is -0.436. The van der Waals surface area contributed by atoms with E-state index in [0.29, 0.717) is 18.0 Å². The maximum atomic E-state index is 11.7. The highest BCUT2D eigenvalue weighted by Gasteiger charge is 2.31. The molecule has 1 aromatic heterocycles. The molecule has 1 aliphatic heterocycles. The molecule has 3 rings (SSSR count). The van der Waals surface area contributed by atoms with E-state index in [1.54, 1.807) is 18.3 Å². The SMILES string of the molecule is CC(=O)N1CC(c2ccc([N+](=O)[O-])cc2)C(c2ccccn2)=N1. The van der Waals surface area contributed by atoms with Gasteiger partial charge < -0.3 is 0 Å². The zero-order valence-corrected chi connectivity index (χ0v) is 12.4. The van der Waals surface area contributed by atoms with Crippen LogP contribution in [0.4, 0.5) is 5.69 Å². The summed E-state index contributed by atoms with van der Waals surface area (Å²) in [5, 5.41) is 16.6. The first-order valence-corrected chi connectivity index (χ1v) is 7.08. The van der Waals surface area contributed by atoms with Crippen LogP contribution in [0.5, 0.6) is 0 Å². The fourth-order valence-corrected chi connectivity index (χ4v) is 2.53. The number of nitrogens with zero attached hydrogens (tertiary/aromatic N) is 4. The van der Waals surface area contributed by atoms with Crippen molar-refractivity contribution < 1.29 is 9.72 Å². The molecule has 1 amide bonds. The third-order valence-corrected chi connectivity index (χ3v) is 3.71. The first-order valence-electron chi connectivity index (χ1n) is 7.08. The van der Waals surface area contributed by atoms with Gasteiger partial charge in [-0.2, -0.15) is 5.10 Å². The Morgan fingerprint density at radius 3 is 2.57 bits per heavy atom. The van der Waals surface area contributed by atoms with Crippen molar-refractivity contribution in [3.05, 3.63) is 70.0 Å². The highest BCUT2D eigenvalue weighted by Crippen LogP contribution is 2.29. The molecule has 1 aliphatic rings. The Hall–Kier alpha value is -3.09. The molecular weight excluding hydrogens is 296 g/mol. The molecule has 1 unspecified atom stereocenters. The molecule has 0 spiro atoms. The number of amides is 1. The van der Waals surface area contributed by atoms with Gasteiger partial charge in [-0.25, -0.2) is 5.01 Å². The number of benzene rings is 1. The van der Waals surface area contributed by atoms with Crippen molar-refractivity contribution in [2.24, 2.45) is 5.10 Å². The van der Waals surface area contributed by atoms with Gasteiger partial charge in [-0.05, 0) is 17.7 Å². The summed E-state index contributed by atoms with van der Waals surface area (Å²) in [5.74, 6) is -0.308. The second-order valence-electron chi connectivity index (χ2n) is 5.20. The number of non-ortho nitro benzene ring substituents is 1. The molecule has 2 heterocycles. The van der Waals surface area contributed by atoms with E-state index >= 15 is 0 Å². The Bertz CT molecular complexity index is 772. The first-order chi connectivity index (χ1) is 11.1. The Morgan fingerprint density at radius 2 is 2.00 bits per heavy atom. The summed E-state index contributed by atoms with van der Waals surface area (Å²) in [4.78, 5) is 26.3. The van der Waals surface area contributed by atoms with Crippen LogP contribution in [0.3, 0.4) is 0 Å². The molecule has 0 N–H and O–H groups in total. The molecule has 116 valence electrons. The van der Waals surface area contributed by atoms with Crippen molar-refractivity contribution >= 4 is 17.3 Å². The van der Waals surface area contributed by atoms with Gasteiger partial charge in [0.25, 0.3) is 5.69 Å². The van der Waals surface area contributed by atoms with Crippen LogP contribution in [0.15, 0.2) is 53.8 Å². The zero-order chi connectivity index (χ0) is 16.4. The summed E-state index contributed by atoms with van der Waals surface area (Å²) < 4.78 is 0. The first kappa shape index (κ1) is 14.8. The predicted molar refractivity (Wildman–Crippen MR) is 84.0 cm³/mol. The number of aromatic nitrogens is 1. The summed E-state index contributed by atoms with van der Waals surface area (Å²) in [6, 6.07) is 11.8. The van der Waals surface area contributed by atoms with E-state index in [2.05, 4.69) is 10.1 Å². The lowest BCUT2D eigenvalue weighted by molar-refractivity contribution is -0.384. The second kappa shape index (κ2) is 5.96. The summed E-state index contributed by atoms with van der Waals surface area (Å²) in [7, 11) is 0. The molecule has 0 saturated heterocycles. The zero-order valence-electron chi connectivity index (χ0n) is 12.4. The van der Waals surface area contributed by atoms with Gasteiger partial charge in [0.15, 0.2) is 0 Å². The van der Waals surface area contributed by atoms with Crippen molar-refractivity contribution in [1.82, 2.24) is 9.99 Å². The number of nitro benzene ring substituents is 1. The molecule has 7 nitrogen and oxygen atoms in total. The van der Waals surface area contributed by atoms with Crippen molar-refractivity contribution in [1.29, 1.82) is 0 Å². The number of rotatable bonds is 3. The number of hydrogen-bond acceptors (Lipinski definition) is 5. The molecule has 0 aliphatic carbocycles. The Kier molecular flexibility index (Phi) is 3.84. The van der Waals surface area contributed by atoms with Gasteiger partial charge in [-0.15, -0.1) is 0 Å². The fraction of sp³-hybridized carbons (Fsp3) is 0.188. The van der Waals surface area contributed by atoms with Crippen LogP contribution in [0, 0.1) is 10.1 Å². The van der Waals surface area contributed by atoms with Crippen LogP contribution < -0.4 is 0 Å². The smallest absolute Gasteiger partial charge is 0.269 e. The van der Waals surface area contributed by atoms with Crippen LogP contribution in [0.25, 0.3) is 0 Å². The van der Waals surface area contributed by atoms with Gasteiger partial charge in [0.05, 0.1) is 28.8 Å². The molecule has 7 heteroatoms. The van der Waals surface area contributed by atoms with Gasteiger partial charge in [-0.1, -0.05) is 18.2 Å². The van der Waals surface area contributed by atoms with E-state index in [-0.39, 0.29) is 17.5 Å². The van der Waals surface area contributed by atoms with E-state index in [1.807, 2.05) is 18.2 Å². The molecule has 1 aromatic carbocycles. The number of nitro groups is 1. The Labute approximate surface area is 132 Å². The van der Waals surface area contributed by atoms with E-state index in [0.717, 1.165) is 5.56 Å². The quantitative estimate of drug-likeness (QED) is 0.643. The van der Waals surface area contributed by atoms with E-state index in [4.69, 9.17) is 0 Å². The van der Waals surface area contributed by atoms with E-state index in [9.17, 15) is 14.9 Å². The summed E-state index contributed by atoms with van der Waals surface area (Å²) in [6.07, 6.45) is 1.67. The van der Waals surface area contributed by atoms with Gasteiger partial charge in [0, 0.05) is 25.3 Å². The topological polar surface area (TPSA) is 88.7 Å². The predicted octanol–water partition coefficient (Wildman–Crippen LogP) is 2.34. The van der Waals surface area contributed by atoms with Crippen molar-refractivity contribution in [2.75, 3.05) is 6.54 Å². The van der Waals surface area contributed by atoms with Crippen LogP contribution in [0.1, 0.15) is 24.1 Å². The Morgan fingerprint density at radius 1 is 1.26 bits per heavy atom. The maximum Gasteiger partial charge on any atom is 0.269 e. The maximum absolute atomic E-state index is 11.7. The Balaban J connectivity index is 1.98. The number of carbonyl (C=O) groups excluding carboxylic acids is 1. The monoisotopic (exact) mass is 310 g/mol. The molecular formula is C16H14N4O3. The lowest BCUT2D eigenvalue weighted by Crippen LogP contribution is -2.23. The summed E-state index contributed by atoms with van der Waals surface area (Å²) in [5.41, 5.74) is 2.28. The lowest BCUT2D eigenvalue weighted by atomic mass is 9.92. The minimum absolute atomic E-state index is 0.0338. The highest BCUT2D eigenvalue weighted by molar-refractivity contribution is 6.05. The molecule has 0 fully saturated rings. The third-order valence-electron chi connectivity index (χ3n) is 3.71. The molecule has 0 bridgehead atoms. The second-order valence-corrected chi connectivity index (χ2v) is 5.20. The van der Waals surface area contributed by atoms with Crippen LogP contribution >= 0.6 is 0 Å². The third kappa shape index (κ3) is 2.94. The molecule has 1 atom stereocenters. The standard InChI is InChI=1S/C16H14N4O3/c1-11(21)19-10-14(12-5-7-13(8-6-12)20(22)23)16(18-19)15-4-2-3-9-17-15/h2-9,14H,10H2,1H3. The molecule has 0 saturated carbocycles. The largest absolute Gasteiger partial charge is 0.273 e. The van der Waals surface area contributed by atoms with Crippen LogP contribution in [-0.2, 0) is 4.79 Å². The summed E-state index contributed by atoms with van der Waals surface area (Å²) in [6.45, 7) is 1.86. The van der Waals surface area contributed by atoms with Gasteiger partial charge in [-0.3, -0.25) is 19.9 Å². The van der Waals surface area contributed by atoms with Gasteiger partial charge >= 0.3 is 0 Å². The van der Waals surface area contributed by atoms with Crippen molar-refractivity contribution in [2.45, 2.75) is 12.8 Å². The van der Waals surface area contributed by atoms with E-state index in [1.165, 1.54) is 24.1 Å². The van der Waals surface area contributed by atoms with Gasteiger partial charge in [0.2, 0.25) is 5.91 Å². The number of carbonyl (C=O) groups is 1. The number of pyridine rings is 1. The van der Waals surface area contributed by atoms with Crippen LogP contribution in [0.2, 0.25) is 0 Å². The normalized spacial score (nSPS) is 17.0. The highest BCUT2D eigenvalue weighted by atomic mass is 16.6. The van der Waals surface area contributed by atoms with Crippen LogP contribution in [-0.4, -0.2) is 33.1 Å². The van der Waals surface area contributed by atoms with Crippen molar-refractivity contribution in [3.8, 4) is 0 Å². The summed E-state index contributed by atoms with van der Waals surface area (Å²) >= 11 is 0.